The van der Waals surface area contributed by atoms with E-state index in [-0.39, 0.29) is 5.82 Å². The Bertz CT molecular complexity index is 531. The SMILES string of the molecule is CCN(Cc1ccccn1)Cc1ccc(F)cc1Br. The summed E-state index contributed by atoms with van der Waals surface area (Å²) in [5.74, 6) is -0.219. The van der Waals surface area contributed by atoms with E-state index < -0.39 is 0 Å². The zero-order valence-corrected chi connectivity index (χ0v) is 12.4. The molecule has 0 atom stereocenters. The third kappa shape index (κ3) is 4.11. The van der Waals surface area contributed by atoms with E-state index in [1.807, 2.05) is 24.3 Å². The molecule has 0 fully saturated rings. The first kappa shape index (κ1) is 14.2. The highest BCUT2D eigenvalue weighted by atomic mass is 79.9. The molecule has 2 aromatic rings. The first-order valence-corrected chi connectivity index (χ1v) is 7.04. The van der Waals surface area contributed by atoms with Crippen LogP contribution in [0.2, 0.25) is 0 Å². The van der Waals surface area contributed by atoms with Crippen LogP contribution in [0.4, 0.5) is 4.39 Å². The Balaban J connectivity index is 2.06. The van der Waals surface area contributed by atoms with E-state index in [1.54, 1.807) is 6.20 Å². The minimum atomic E-state index is -0.219. The molecule has 0 spiro atoms. The summed E-state index contributed by atoms with van der Waals surface area (Å²) in [4.78, 5) is 6.60. The van der Waals surface area contributed by atoms with Crippen molar-refractivity contribution in [1.82, 2.24) is 9.88 Å². The van der Waals surface area contributed by atoms with Gasteiger partial charge in [-0.2, -0.15) is 0 Å². The maximum atomic E-state index is 13.1. The fourth-order valence-electron chi connectivity index (χ4n) is 1.89. The zero-order valence-electron chi connectivity index (χ0n) is 10.8. The molecule has 0 radical (unpaired) electrons. The van der Waals surface area contributed by atoms with Crippen molar-refractivity contribution in [2.45, 2.75) is 20.0 Å². The zero-order chi connectivity index (χ0) is 13.7. The van der Waals surface area contributed by atoms with E-state index >= 15 is 0 Å². The van der Waals surface area contributed by atoms with Crippen LogP contribution in [0, 0.1) is 5.82 Å². The minimum Gasteiger partial charge on any atom is -0.293 e. The summed E-state index contributed by atoms with van der Waals surface area (Å²) in [5.41, 5.74) is 2.13. The predicted octanol–water partition coefficient (Wildman–Crippen LogP) is 4.01. The van der Waals surface area contributed by atoms with E-state index in [0.29, 0.717) is 0 Å². The van der Waals surface area contributed by atoms with Crippen LogP contribution in [0.15, 0.2) is 47.1 Å². The molecule has 0 aliphatic rings. The number of hydrogen-bond acceptors (Lipinski definition) is 2. The highest BCUT2D eigenvalue weighted by Crippen LogP contribution is 2.20. The Morgan fingerprint density at radius 3 is 2.68 bits per heavy atom. The fraction of sp³-hybridized carbons (Fsp3) is 0.267. The second kappa shape index (κ2) is 6.78. The van der Waals surface area contributed by atoms with Gasteiger partial charge in [0, 0.05) is 23.8 Å². The molecule has 4 heteroatoms. The number of halogens is 2. The average Bonchev–Trinajstić information content (AvgIpc) is 2.42. The number of hydrogen-bond donors (Lipinski definition) is 0. The standard InChI is InChI=1S/C15H16BrFN2/c1-2-19(11-14-5-3-4-8-18-14)10-12-6-7-13(17)9-15(12)16/h3-9H,2,10-11H2,1H3. The molecule has 1 aromatic carbocycles. The maximum Gasteiger partial charge on any atom is 0.124 e. The topological polar surface area (TPSA) is 16.1 Å². The fourth-order valence-corrected chi connectivity index (χ4v) is 2.37. The average molecular weight is 323 g/mol. The number of pyridine rings is 1. The lowest BCUT2D eigenvalue weighted by atomic mass is 10.2. The lowest BCUT2D eigenvalue weighted by Gasteiger charge is -2.20. The number of nitrogens with zero attached hydrogens (tertiary/aromatic N) is 2. The van der Waals surface area contributed by atoms with Crippen LogP contribution in [0.5, 0.6) is 0 Å². The largest absolute Gasteiger partial charge is 0.293 e. The second-order valence-corrected chi connectivity index (χ2v) is 5.21. The molecule has 100 valence electrons. The summed E-state index contributed by atoms with van der Waals surface area (Å²) >= 11 is 3.41. The van der Waals surface area contributed by atoms with Crippen molar-refractivity contribution in [1.29, 1.82) is 0 Å². The molecule has 0 amide bonds. The summed E-state index contributed by atoms with van der Waals surface area (Å²) in [7, 11) is 0. The van der Waals surface area contributed by atoms with Gasteiger partial charge in [-0.3, -0.25) is 9.88 Å². The van der Waals surface area contributed by atoms with Gasteiger partial charge in [0.1, 0.15) is 5.82 Å². The van der Waals surface area contributed by atoms with Crippen LogP contribution >= 0.6 is 15.9 Å². The quantitative estimate of drug-likeness (QED) is 0.827. The van der Waals surface area contributed by atoms with Crippen molar-refractivity contribution in [2.24, 2.45) is 0 Å². The molecule has 0 saturated carbocycles. The molecule has 2 nitrogen and oxygen atoms in total. The van der Waals surface area contributed by atoms with Gasteiger partial charge in [-0.1, -0.05) is 35.0 Å². The molecule has 1 aromatic heterocycles. The molecule has 0 N–H and O–H groups in total. The number of aromatic nitrogens is 1. The van der Waals surface area contributed by atoms with E-state index in [0.717, 1.165) is 35.4 Å². The normalized spacial score (nSPS) is 10.9. The molecule has 0 aliphatic heterocycles. The predicted molar refractivity (Wildman–Crippen MR) is 78.1 cm³/mol. The first-order chi connectivity index (χ1) is 9.19. The highest BCUT2D eigenvalue weighted by molar-refractivity contribution is 9.10. The van der Waals surface area contributed by atoms with Gasteiger partial charge in [0.15, 0.2) is 0 Å². The molecule has 0 bridgehead atoms. The van der Waals surface area contributed by atoms with E-state index in [2.05, 4.69) is 32.7 Å². The molecule has 2 rings (SSSR count). The van der Waals surface area contributed by atoms with Crippen molar-refractivity contribution in [2.75, 3.05) is 6.54 Å². The third-order valence-corrected chi connectivity index (χ3v) is 3.71. The van der Waals surface area contributed by atoms with E-state index in [4.69, 9.17) is 0 Å². The van der Waals surface area contributed by atoms with Crippen LogP contribution in [0.3, 0.4) is 0 Å². The maximum absolute atomic E-state index is 13.1. The van der Waals surface area contributed by atoms with Crippen LogP contribution in [0.25, 0.3) is 0 Å². The van der Waals surface area contributed by atoms with E-state index in [9.17, 15) is 4.39 Å². The van der Waals surface area contributed by atoms with Crippen molar-refractivity contribution in [3.8, 4) is 0 Å². The van der Waals surface area contributed by atoms with Gasteiger partial charge >= 0.3 is 0 Å². The molecule has 19 heavy (non-hydrogen) atoms. The monoisotopic (exact) mass is 322 g/mol. The molecular weight excluding hydrogens is 307 g/mol. The van der Waals surface area contributed by atoms with Gasteiger partial charge in [-0.15, -0.1) is 0 Å². The summed E-state index contributed by atoms with van der Waals surface area (Å²) in [6.45, 7) is 4.59. The lowest BCUT2D eigenvalue weighted by molar-refractivity contribution is 0.267. The van der Waals surface area contributed by atoms with E-state index in [1.165, 1.54) is 12.1 Å². The summed E-state index contributed by atoms with van der Waals surface area (Å²) in [5, 5.41) is 0. The molecule has 0 aliphatic carbocycles. The Hall–Kier alpha value is -1.26. The van der Waals surface area contributed by atoms with Crippen LogP contribution in [0.1, 0.15) is 18.2 Å². The van der Waals surface area contributed by atoms with Gasteiger partial charge in [0.05, 0.1) is 5.69 Å². The first-order valence-electron chi connectivity index (χ1n) is 6.25. The van der Waals surface area contributed by atoms with Crippen molar-refractivity contribution in [3.05, 3.63) is 64.1 Å². The third-order valence-electron chi connectivity index (χ3n) is 2.97. The van der Waals surface area contributed by atoms with Crippen molar-refractivity contribution >= 4 is 15.9 Å². The van der Waals surface area contributed by atoms with Crippen molar-refractivity contribution in [3.63, 3.8) is 0 Å². The minimum absolute atomic E-state index is 0.219. The van der Waals surface area contributed by atoms with Crippen LogP contribution < -0.4 is 0 Å². The Kier molecular flexibility index (Phi) is 5.05. The second-order valence-electron chi connectivity index (χ2n) is 4.36. The molecule has 0 saturated heterocycles. The lowest BCUT2D eigenvalue weighted by Crippen LogP contribution is -2.23. The number of rotatable bonds is 5. The van der Waals surface area contributed by atoms with Gasteiger partial charge in [-0.25, -0.2) is 4.39 Å². The van der Waals surface area contributed by atoms with Gasteiger partial charge in [0.2, 0.25) is 0 Å². The molecule has 0 unspecified atom stereocenters. The van der Waals surface area contributed by atoms with Gasteiger partial charge < -0.3 is 0 Å². The summed E-state index contributed by atoms with van der Waals surface area (Å²) in [6.07, 6.45) is 1.80. The van der Waals surface area contributed by atoms with Crippen LogP contribution in [-0.4, -0.2) is 16.4 Å². The van der Waals surface area contributed by atoms with Crippen LogP contribution in [-0.2, 0) is 13.1 Å². The Morgan fingerprint density at radius 1 is 1.21 bits per heavy atom. The Labute approximate surface area is 121 Å². The molecular formula is C15H16BrFN2. The Morgan fingerprint density at radius 2 is 2.05 bits per heavy atom. The smallest absolute Gasteiger partial charge is 0.124 e. The number of benzene rings is 1. The van der Waals surface area contributed by atoms with Gasteiger partial charge in [0.25, 0.3) is 0 Å². The highest BCUT2D eigenvalue weighted by Gasteiger charge is 2.08. The molecule has 1 heterocycles. The summed E-state index contributed by atoms with van der Waals surface area (Å²) < 4.78 is 13.9. The van der Waals surface area contributed by atoms with Crippen molar-refractivity contribution < 1.29 is 4.39 Å². The van der Waals surface area contributed by atoms with Gasteiger partial charge in [-0.05, 0) is 36.4 Å². The summed E-state index contributed by atoms with van der Waals surface area (Å²) in [6, 6.07) is 10.7.